The smallest absolute Gasteiger partial charge is 0.240 e. The van der Waals surface area contributed by atoms with Gasteiger partial charge >= 0.3 is 0 Å². The summed E-state index contributed by atoms with van der Waals surface area (Å²) in [5.41, 5.74) is 0. The molecule has 0 spiro atoms. The fraction of sp³-hybridized carbons (Fsp3) is 0.368. The molecule has 2 atom stereocenters. The molecular formula is C19H21ClN2O3S. The standard InChI is InChI=1S/C19H21ClN2O3S/c20-18-3-1-2-4-19(18)25-16-7-9-17(10-8-16)26(23,24)22-15-11-13-5-6-14(12-15)21-13/h1-4,7-10,13-15,21-22H,5-6,11-12H2. The van der Waals surface area contributed by atoms with Gasteiger partial charge in [-0.25, -0.2) is 13.1 Å². The van der Waals surface area contributed by atoms with Crippen LogP contribution in [0.25, 0.3) is 0 Å². The molecule has 4 rings (SSSR count). The fourth-order valence-electron chi connectivity index (χ4n) is 3.78. The Labute approximate surface area is 158 Å². The quantitative estimate of drug-likeness (QED) is 0.814. The van der Waals surface area contributed by atoms with Crippen LogP contribution in [0.4, 0.5) is 0 Å². The molecule has 0 aromatic heterocycles. The summed E-state index contributed by atoms with van der Waals surface area (Å²) in [5.74, 6) is 1.07. The van der Waals surface area contributed by atoms with Crippen molar-refractivity contribution in [1.82, 2.24) is 10.0 Å². The first kappa shape index (κ1) is 17.8. The highest BCUT2D eigenvalue weighted by atomic mass is 35.5. The van der Waals surface area contributed by atoms with Crippen molar-refractivity contribution in [3.8, 4) is 11.5 Å². The van der Waals surface area contributed by atoms with E-state index in [1.807, 2.05) is 12.1 Å². The third kappa shape index (κ3) is 3.88. The lowest BCUT2D eigenvalue weighted by Crippen LogP contribution is -2.47. The minimum Gasteiger partial charge on any atom is -0.456 e. The molecule has 0 aliphatic carbocycles. The van der Waals surface area contributed by atoms with Crippen LogP contribution in [0.3, 0.4) is 0 Å². The van der Waals surface area contributed by atoms with E-state index >= 15 is 0 Å². The van der Waals surface area contributed by atoms with Gasteiger partial charge in [-0.2, -0.15) is 0 Å². The Bertz CT molecular complexity index is 874. The molecule has 2 aromatic rings. The molecule has 2 N–H and O–H groups in total. The van der Waals surface area contributed by atoms with Crippen LogP contribution in [0.2, 0.25) is 5.02 Å². The maximum atomic E-state index is 12.7. The van der Waals surface area contributed by atoms with Crippen molar-refractivity contribution in [2.24, 2.45) is 0 Å². The van der Waals surface area contributed by atoms with E-state index in [-0.39, 0.29) is 10.9 Å². The molecule has 2 aliphatic rings. The number of ether oxygens (including phenoxy) is 1. The molecule has 2 saturated heterocycles. The maximum absolute atomic E-state index is 12.7. The summed E-state index contributed by atoms with van der Waals surface area (Å²) in [6, 6.07) is 14.4. The van der Waals surface area contributed by atoms with Gasteiger partial charge in [0.15, 0.2) is 0 Å². The minimum absolute atomic E-state index is 0.00204. The number of benzene rings is 2. The van der Waals surface area contributed by atoms with Gasteiger partial charge in [-0.3, -0.25) is 0 Å². The Morgan fingerprint density at radius 3 is 2.31 bits per heavy atom. The Balaban J connectivity index is 1.44. The van der Waals surface area contributed by atoms with Crippen molar-refractivity contribution in [3.05, 3.63) is 53.6 Å². The number of sulfonamides is 1. The van der Waals surface area contributed by atoms with E-state index in [0.717, 1.165) is 25.7 Å². The van der Waals surface area contributed by atoms with E-state index in [0.29, 0.717) is 28.6 Å². The van der Waals surface area contributed by atoms with Gasteiger partial charge in [-0.05, 0) is 62.1 Å². The number of rotatable bonds is 5. The van der Waals surface area contributed by atoms with E-state index in [4.69, 9.17) is 16.3 Å². The molecule has 5 nitrogen and oxygen atoms in total. The fourth-order valence-corrected chi connectivity index (χ4v) is 5.22. The molecular weight excluding hydrogens is 372 g/mol. The predicted molar refractivity (Wildman–Crippen MR) is 101 cm³/mol. The van der Waals surface area contributed by atoms with Gasteiger partial charge in [0.2, 0.25) is 10.0 Å². The van der Waals surface area contributed by atoms with E-state index in [2.05, 4.69) is 10.0 Å². The van der Waals surface area contributed by atoms with Crippen LogP contribution >= 0.6 is 11.6 Å². The van der Waals surface area contributed by atoms with Crippen molar-refractivity contribution < 1.29 is 13.2 Å². The SMILES string of the molecule is O=S(=O)(NC1CC2CCC(C1)N2)c1ccc(Oc2ccccc2Cl)cc1. The Kier molecular flexibility index (Phi) is 4.92. The average molecular weight is 393 g/mol. The number of hydrogen-bond acceptors (Lipinski definition) is 4. The summed E-state index contributed by atoms with van der Waals surface area (Å²) in [4.78, 5) is 0.245. The maximum Gasteiger partial charge on any atom is 0.240 e. The largest absolute Gasteiger partial charge is 0.456 e. The van der Waals surface area contributed by atoms with Crippen molar-refractivity contribution in [3.63, 3.8) is 0 Å². The number of para-hydroxylation sites is 1. The second-order valence-electron chi connectivity index (χ2n) is 6.93. The van der Waals surface area contributed by atoms with Gasteiger partial charge in [0, 0.05) is 18.1 Å². The highest BCUT2D eigenvalue weighted by Gasteiger charge is 2.35. The van der Waals surface area contributed by atoms with Gasteiger partial charge in [-0.1, -0.05) is 23.7 Å². The molecule has 2 aliphatic heterocycles. The summed E-state index contributed by atoms with van der Waals surface area (Å²) in [7, 11) is -3.54. The zero-order chi connectivity index (χ0) is 18.1. The molecule has 7 heteroatoms. The molecule has 2 fully saturated rings. The highest BCUT2D eigenvalue weighted by Crippen LogP contribution is 2.30. The van der Waals surface area contributed by atoms with E-state index in [9.17, 15) is 8.42 Å². The van der Waals surface area contributed by atoms with Gasteiger partial charge in [0.25, 0.3) is 0 Å². The van der Waals surface area contributed by atoms with Crippen molar-refractivity contribution >= 4 is 21.6 Å². The van der Waals surface area contributed by atoms with Crippen LogP contribution < -0.4 is 14.8 Å². The first-order chi connectivity index (χ1) is 12.5. The van der Waals surface area contributed by atoms with Crippen LogP contribution in [0, 0.1) is 0 Å². The van der Waals surface area contributed by atoms with Crippen molar-refractivity contribution in [2.45, 2.75) is 48.7 Å². The highest BCUT2D eigenvalue weighted by molar-refractivity contribution is 7.89. The zero-order valence-corrected chi connectivity index (χ0v) is 15.8. The lowest BCUT2D eigenvalue weighted by Gasteiger charge is -2.29. The topological polar surface area (TPSA) is 67.4 Å². The molecule has 2 aromatic carbocycles. The molecule has 26 heavy (non-hydrogen) atoms. The lowest BCUT2D eigenvalue weighted by atomic mass is 10.0. The van der Waals surface area contributed by atoms with E-state index in [1.54, 1.807) is 36.4 Å². The second-order valence-corrected chi connectivity index (χ2v) is 9.05. The van der Waals surface area contributed by atoms with Gasteiger partial charge in [0.1, 0.15) is 11.5 Å². The Morgan fingerprint density at radius 1 is 1.00 bits per heavy atom. The molecule has 0 amide bonds. The molecule has 0 saturated carbocycles. The first-order valence-electron chi connectivity index (χ1n) is 8.80. The number of hydrogen-bond donors (Lipinski definition) is 2. The van der Waals surface area contributed by atoms with Crippen molar-refractivity contribution in [2.75, 3.05) is 0 Å². The number of fused-ring (bicyclic) bond motifs is 2. The average Bonchev–Trinajstić information content (AvgIpc) is 2.96. The molecule has 138 valence electrons. The first-order valence-corrected chi connectivity index (χ1v) is 10.7. The van der Waals surface area contributed by atoms with Crippen molar-refractivity contribution in [1.29, 1.82) is 0 Å². The van der Waals surface area contributed by atoms with Crippen LogP contribution in [-0.2, 0) is 10.0 Å². The van der Waals surface area contributed by atoms with Gasteiger partial charge in [-0.15, -0.1) is 0 Å². The predicted octanol–water partition coefficient (Wildman–Crippen LogP) is 3.69. The normalized spacial score (nSPS) is 25.2. The van der Waals surface area contributed by atoms with Gasteiger partial charge < -0.3 is 10.1 Å². The molecule has 2 heterocycles. The number of nitrogens with one attached hydrogen (secondary N) is 2. The molecule has 2 bridgehead atoms. The third-order valence-corrected chi connectivity index (χ3v) is 6.84. The minimum atomic E-state index is -3.54. The van der Waals surface area contributed by atoms with Crippen LogP contribution in [0.15, 0.2) is 53.4 Å². The summed E-state index contributed by atoms with van der Waals surface area (Å²) in [6.45, 7) is 0. The van der Waals surface area contributed by atoms with E-state index in [1.165, 1.54) is 0 Å². The van der Waals surface area contributed by atoms with Crippen LogP contribution in [-0.4, -0.2) is 26.5 Å². The van der Waals surface area contributed by atoms with Crippen LogP contribution in [0.1, 0.15) is 25.7 Å². The Morgan fingerprint density at radius 2 is 1.65 bits per heavy atom. The summed E-state index contributed by atoms with van der Waals surface area (Å²) >= 11 is 6.08. The zero-order valence-electron chi connectivity index (χ0n) is 14.2. The number of piperidine rings is 1. The van der Waals surface area contributed by atoms with Gasteiger partial charge in [0.05, 0.1) is 9.92 Å². The summed E-state index contributed by atoms with van der Waals surface area (Å²) < 4.78 is 33.9. The molecule has 2 unspecified atom stereocenters. The summed E-state index contributed by atoms with van der Waals surface area (Å²) in [6.07, 6.45) is 3.97. The molecule has 0 radical (unpaired) electrons. The second kappa shape index (κ2) is 7.19. The number of halogens is 1. The van der Waals surface area contributed by atoms with E-state index < -0.39 is 10.0 Å². The van der Waals surface area contributed by atoms with Crippen LogP contribution in [0.5, 0.6) is 11.5 Å². The lowest BCUT2D eigenvalue weighted by molar-refractivity contribution is 0.345. The summed E-state index contributed by atoms with van der Waals surface area (Å²) in [5, 5.41) is 4.02. The Hall–Kier alpha value is -1.60. The monoisotopic (exact) mass is 392 g/mol. The third-order valence-electron chi connectivity index (χ3n) is 4.99.